The molecule has 4 rings (SSSR count). The molecule has 0 fully saturated rings. The van der Waals surface area contributed by atoms with Gasteiger partial charge in [-0.25, -0.2) is 9.78 Å². The van der Waals surface area contributed by atoms with E-state index in [4.69, 9.17) is 19.2 Å². The van der Waals surface area contributed by atoms with Gasteiger partial charge in [-0.2, -0.15) is 0 Å². The smallest absolute Gasteiger partial charge is 0.337 e. The number of aromatic nitrogens is 2. The Kier molecular flexibility index (Phi) is 5.84. The van der Waals surface area contributed by atoms with Crippen LogP contribution in [0, 0.1) is 0 Å². The number of fused-ring (bicyclic) bond motifs is 3. The average molecular weight is 421 g/mol. The van der Waals surface area contributed by atoms with Crippen LogP contribution in [0.15, 0.2) is 53.7 Å². The third kappa shape index (κ3) is 3.71. The van der Waals surface area contributed by atoms with E-state index in [-0.39, 0.29) is 5.97 Å². The lowest BCUT2D eigenvalue weighted by Crippen LogP contribution is -2.28. The number of hydrogen-bond donors (Lipinski definition) is 1. The number of nitrogens with one attached hydrogen (secondary N) is 1. The van der Waals surface area contributed by atoms with E-state index >= 15 is 0 Å². The first-order valence-electron chi connectivity index (χ1n) is 10.5. The fourth-order valence-electron chi connectivity index (χ4n) is 3.95. The van der Waals surface area contributed by atoms with Gasteiger partial charge in [-0.15, -0.1) is 0 Å². The number of carbonyl (C=O) groups excluding carboxylic acids is 1. The average Bonchev–Trinajstić information content (AvgIpc) is 3.14. The Morgan fingerprint density at radius 2 is 1.94 bits per heavy atom. The highest BCUT2D eigenvalue weighted by Crippen LogP contribution is 2.41. The molecule has 1 aliphatic heterocycles. The highest BCUT2D eigenvalue weighted by molar-refractivity contribution is 5.94. The molecule has 162 valence electrons. The van der Waals surface area contributed by atoms with Gasteiger partial charge in [0, 0.05) is 5.70 Å². The molecule has 0 aliphatic carbocycles. The minimum atomic E-state index is -0.421. The van der Waals surface area contributed by atoms with Crippen molar-refractivity contribution in [3.63, 3.8) is 0 Å². The molecule has 7 nitrogen and oxygen atoms in total. The molecule has 0 bridgehead atoms. The van der Waals surface area contributed by atoms with Gasteiger partial charge in [0.05, 0.1) is 43.0 Å². The molecular formula is C24H27N3O4. The summed E-state index contributed by atoms with van der Waals surface area (Å²) in [5.74, 6) is 1.64. The first-order chi connectivity index (χ1) is 15.1. The Morgan fingerprint density at radius 1 is 1.13 bits per heavy atom. The monoisotopic (exact) mass is 421 g/mol. The van der Waals surface area contributed by atoms with Crippen molar-refractivity contribution in [2.45, 2.75) is 33.2 Å². The van der Waals surface area contributed by atoms with Crippen molar-refractivity contribution in [3.05, 3.63) is 59.3 Å². The van der Waals surface area contributed by atoms with Crippen LogP contribution in [-0.2, 0) is 9.53 Å². The van der Waals surface area contributed by atoms with Gasteiger partial charge in [-0.1, -0.05) is 25.1 Å². The van der Waals surface area contributed by atoms with Crippen LogP contribution in [0.2, 0.25) is 0 Å². The number of esters is 1. The first kappa shape index (κ1) is 20.8. The van der Waals surface area contributed by atoms with Crippen LogP contribution in [-0.4, -0.2) is 35.8 Å². The number of carbonyl (C=O) groups is 1. The maximum Gasteiger partial charge on any atom is 0.337 e. The summed E-state index contributed by atoms with van der Waals surface area (Å²) in [6.45, 7) is 6.98. The summed E-state index contributed by atoms with van der Waals surface area (Å²) in [7, 11) is 1.40. The van der Waals surface area contributed by atoms with Gasteiger partial charge in [0.15, 0.2) is 11.5 Å². The van der Waals surface area contributed by atoms with E-state index in [2.05, 4.69) is 12.2 Å². The summed E-state index contributed by atoms with van der Waals surface area (Å²) < 4.78 is 18.9. The molecule has 0 radical (unpaired) electrons. The second-order valence-corrected chi connectivity index (χ2v) is 7.34. The summed E-state index contributed by atoms with van der Waals surface area (Å²) in [5.41, 5.74) is 3.90. The Bertz CT molecular complexity index is 1150. The number of allylic oxidation sites excluding steroid dienone is 1. The maximum atomic E-state index is 12.8. The van der Waals surface area contributed by atoms with Gasteiger partial charge in [0.25, 0.3) is 0 Å². The van der Waals surface area contributed by atoms with Crippen molar-refractivity contribution in [1.29, 1.82) is 0 Å². The van der Waals surface area contributed by atoms with E-state index in [0.29, 0.717) is 41.9 Å². The van der Waals surface area contributed by atoms with Gasteiger partial charge in [-0.3, -0.25) is 4.57 Å². The molecule has 0 saturated carbocycles. The molecule has 7 heteroatoms. The first-order valence-corrected chi connectivity index (χ1v) is 10.5. The van der Waals surface area contributed by atoms with Crippen molar-refractivity contribution in [1.82, 2.24) is 9.55 Å². The Balaban J connectivity index is 1.92. The largest absolute Gasteiger partial charge is 0.490 e. The van der Waals surface area contributed by atoms with Gasteiger partial charge in [-0.05, 0) is 50.1 Å². The minimum absolute atomic E-state index is 0.386. The van der Waals surface area contributed by atoms with Gasteiger partial charge < -0.3 is 19.5 Å². The van der Waals surface area contributed by atoms with E-state index in [1.165, 1.54) is 7.11 Å². The van der Waals surface area contributed by atoms with Crippen molar-refractivity contribution in [2.24, 2.45) is 0 Å². The predicted octanol–water partition coefficient (Wildman–Crippen LogP) is 4.69. The molecule has 1 aliphatic rings. The summed E-state index contributed by atoms with van der Waals surface area (Å²) in [4.78, 5) is 17.6. The Morgan fingerprint density at radius 3 is 2.68 bits per heavy atom. The molecule has 1 unspecified atom stereocenters. The number of rotatable bonds is 7. The lowest BCUT2D eigenvalue weighted by molar-refractivity contribution is -0.136. The fraction of sp³-hybridized carbons (Fsp3) is 0.333. The van der Waals surface area contributed by atoms with Crippen LogP contribution in [0.1, 0.15) is 38.8 Å². The number of benzene rings is 2. The summed E-state index contributed by atoms with van der Waals surface area (Å²) >= 11 is 0. The number of imidazole rings is 1. The van der Waals surface area contributed by atoms with Gasteiger partial charge in [0.1, 0.15) is 0 Å². The molecule has 0 amide bonds. The Labute approximate surface area is 181 Å². The van der Waals surface area contributed by atoms with E-state index in [9.17, 15) is 4.79 Å². The van der Waals surface area contributed by atoms with Crippen molar-refractivity contribution >= 4 is 23.0 Å². The van der Waals surface area contributed by atoms with Crippen molar-refractivity contribution in [2.75, 3.05) is 25.6 Å². The number of methoxy groups -OCH3 is 1. The van der Waals surface area contributed by atoms with E-state index in [0.717, 1.165) is 23.0 Å². The highest BCUT2D eigenvalue weighted by Gasteiger charge is 2.35. The number of hydrogen-bond acceptors (Lipinski definition) is 6. The van der Waals surface area contributed by atoms with Gasteiger partial charge >= 0.3 is 5.97 Å². The molecular weight excluding hydrogens is 394 g/mol. The zero-order chi connectivity index (χ0) is 22.0. The zero-order valence-corrected chi connectivity index (χ0v) is 18.3. The van der Waals surface area contributed by atoms with E-state index < -0.39 is 6.04 Å². The fourth-order valence-corrected chi connectivity index (χ4v) is 3.95. The van der Waals surface area contributed by atoms with E-state index in [1.807, 2.05) is 60.9 Å². The third-order valence-electron chi connectivity index (χ3n) is 5.28. The SMILES string of the molecule is CCCOc1ccc(C2C(C(=O)OC)=C(C)Nc3nc4ccccc4n32)cc1OCC. The molecule has 0 spiro atoms. The number of ether oxygens (including phenoxy) is 3. The molecule has 0 saturated heterocycles. The lowest BCUT2D eigenvalue weighted by Gasteiger charge is -2.30. The van der Waals surface area contributed by atoms with E-state index in [1.54, 1.807) is 0 Å². The molecule has 2 heterocycles. The number of para-hydroxylation sites is 2. The highest BCUT2D eigenvalue weighted by atomic mass is 16.5. The molecule has 2 aromatic carbocycles. The minimum Gasteiger partial charge on any atom is -0.490 e. The van der Waals surface area contributed by atoms with Gasteiger partial charge in [0.2, 0.25) is 5.95 Å². The molecule has 1 atom stereocenters. The molecule has 3 aromatic rings. The zero-order valence-electron chi connectivity index (χ0n) is 18.3. The number of anilines is 1. The van der Waals surface area contributed by atoms with Crippen LogP contribution in [0.5, 0.6) is 11.5 Å². The maximum absolute atomic E-state index is 12.8. The molecule has 1 aromatic heterocycles. The van der Waals surface area contributed by atoms with Crippen LogP contribution in [0.4, 0.5) is 5.95 Å². The summed E-state index contributed by atoms with van der Waals surface area (Å²) in [6, 6.07) is 13.3. The van der Waals surface area contributed by atoms with Crippen LogP contribution < -0.4 is 14.8 Å². The second-order valence-electron chi connectivity index (χ2n) is 7.34. The summed E-state index contributed by atoms with van der Waals surface area (Å²) in [6.07, 6.45) is 0.903. The quantitative estimate of drug-likeness (QED) is 0.558. The van der Waals surface area contributed by atoms with Crippen LogP contribution in [0.25, 0.3) is 11.0 Å². The van der Waals surface area contributed by atoms with Crippen molar-refractivity contribution < 1.29 is 19.0 Å². The Hall–Kier alpha value is -3.48. The lowest BCUT2D eigenvalue weighted by atomic mass is 9.94. The second kappa shape index (κ2) is 8.71. The normalized spacial score (nSPS) is 15.4. The standard InChI is InChI=1S/C24H27N3O4/c1-5-13-31-19-12-11-16(14-20(19)30-6-2)22-21(23(28)29-4)15(3)25-24-26-17-9-7-8-10-18(17)27(22)24/h7-12,14,22H,5-6,13H2,1-4H3,(H,25,26). The third-order valence-corrected chi connectivity index (χ3v) is 5.28. The summed E-state index contributed by atoms with van der Waals surface area (Å²) in [5, 5.41) is 3.27. The van der Waals surface area contributed by atoms with Crippen LogP contribution in [0.3, 0.4) is 0 Å². The predicted molar refractivity (Wildman–Crippen MR) is 120 cm³/mol. The number of nitrogens with zero attached hydrogens (tertiary/aromatic N) is 2. The topological polar surface area (TPSA) is 74.6 Å². The van der Waals surface area contributed by atoms with Crippen LogP contribution >= 0.6 is 0 Å². The molecule has 31 heavy (non-hydrogen) atoms. The molecule has 1 N–H and O–H groups in total. The van der Waals surface area contributed by atoms with Crippen molar-refractivity contribution in [3.8, 4) is 11.5 Å².